The molecule has 0 bridgehead atoms. The van der Waals surface area contributed by atoms with Gasteiger partial charge in [-0.2, -0.15) is 0 Å². The van der Waals surface area contributed by atoms with Crippen LogP contribution in [0.1, 0.15) is 11.3 Å². The third-order valence-electron chi connectivity index (χ3n) is 4.31. The first-order chi connectivity index (χ1) is 17.4. The molecule has 184 valence electrons. The number of nitrogens with two attached hydrogens (primary N) is 1. The van der Waals surface area contributed by atoms with Crippen LogP contribution < -0.4 is 5.73 Å². The third kappa shape index (κ3) is 6.53. The average molecular weight is 546 g/mol. The summed E-state index contributed by atoms with van der Waals surface area (Å²) in [6.45, 7) is -0.728. The number of carbonyl (C=O) groups excluding carboxylic acids is 2. The molecule has 0 amide bonds. The molecule has 4 aromatic rings. The number of ether oxygens (including phenoxy) is 1. The summed E-state index contributed by atoms with van der Waals surface area (Å²) < 4.78 is 11.7. The first-order valence-corrected chi connectivity index (χ1v) is 12.4. The largest absolute Gasteiger partial charge is 0.458 e. The van der Waals surface area contributed by atoms with Gasteiger partial charge in [-0.25, -0.2) is 19.6 Å². The second-order valence-electron chi connectivity index (χ2n) is 6.77. The van der Waals surface area contributed by atoms with E-state index in [1.165, 1.54) is 41.0 Å². The van der Waals surface area contributed by atoms with Crippen molar-refractivity contribution in [3.63, 3.8) is 0 Å². The Balaban J connectivity index is 1.34. The summed E-state index contributed by atoms with van der Waals surface area (Å²) in [5.41, 5.74) is 6.73. The fourth-order valence-electron chi connectivity index (χ4n) is 2.65. The molecule has 0 saturated carbocycles. The minimum atomic E-state index is -0.871. The summed E-state index contributed by atoms with van der Waals surface area (Å²) in [4.78, 5) is 48.2. The second kappa shape index (κ2) is 11.6. The molecule has 2 heterocycles. The van der Waals surface area contributed by atoms with Crippen molar-refractivity contribution in [3.8, 4) is 0 Å². The number of hydrogen-bond donors (Lipinski definition) is 1. The minimum Gasteiger partial charge on any atom is -0.458 e. The first-order valence-electron chi connectivity index (χ1n) is 9.94. The van der Waals surface area contributed by atoms with Gasteiger partial charge in [-0.15, -0.1) is 22.7 Å². The molecule has 0 saturated heterocycles. The van der Waals surface area contributed by atoms with Gasteiger partial charge in [0, 0.05) is 17.5 Å². The van der Waals surface area contributed by atoms with Gasteiger partial charge in [0.25, 0.3) is 5.69 Å². The molecule has 4 rings (SSSR count). The Labute approximate surface area is 215 Å². The monoisotopic (exact) mass is 545 g/mol. The van der Waals surface area contributed by atoms with Crippen molar-refractivity contribution in [2.75, 3.05) is 12.3 Å². The summed E-state index contributed by atoms with van der Waals surface area (Å²) in [6.07, 6.45) is 0. The molecule has 0 fully saturated rings. The summed E-state index contributed by atoms with van der Waals surface area (Å²) >= 11 is 3.21. The number of thiazole rings is 2. The Morgan fingerprint density at radius 2 is 1.92 bits per heavy atom. The standard InChI is InChI=1S/C21H15N5O7S3/c22-20-23-15(11-34-20)18(19(28)33-36-21-24-14-3-1-2-4-16(14)35-21)25-32-10-17(27)31-9-12-5-7-13(8-6-12)26(29)30/h1-8,11H,9-10H2,(H2,22,23). The lowest BCUT2D eigenvalue weighted by atomic mass is 10.2. The Kier molecular flexibility index (Phi) is 8.04. The molecule has 2 N–H and O–H groups in total. The first kappa shape index (κ1) is 25.0. The highest BCUT2D eigenvalue weighted by Crippen LogP contribution is 2.30. The van der Waals surface area contributed by atoms with Crippen molar-refractivity contribution < 1.29 is 28.3 Å². The lowest BCUT2D eigenvalue weighted by Crippen LogP contribution is -2.19. The van der Waals surface area contributed by atoms with Crippen LogP contribution in [0.5, 0.6) is 0 Å². The summed E-state index contributed by atoms with van der Waals surface area (Å²) in [7, 11) is 0. The zero-order chi connectivity index (χ0) is 25.5. The van der Waals surface area contributed by atoms with E-state index in [4.69, 9.17) is 19.5 Å². The Bertz CT molecular complexity index is 1400. The van der Waals surface area contributed by atoms with Crippen molar-refractivity contribution >= 4 is 73.4 Å². The van der Waals surface area contributed by atoms with Crippen LogP contribution in [0.15, 0.2) is 63.4 Å². The molecular weight excluding hydrogens is 530 g/mol. The number of esters is 1. The van der Waals surface area contributed by atoms with E-state index in [0.29, 0.717) is 9.90 Å². The molecule has 0 atom stereocenters. The molecule has 12 nitrogen and oxygen atoms in total. The number of nitro groups is 1. The van der Waals surface area contributed by atoms with Gasteiger partial charge in [-0.05, 0) is 29.8 Å². The van der Waals surface area contributed by atoms with Crippen LogP contribution in [0, 0.1) is 10.1 Å². The Morgan fingerprint density at radius 1 is 1.14 bits per heavy atom. The highest BCUT2D eigenvalue weighted by atomic mass is 32.2. The summed E-state index contributed by atoms with van der Waals surface area (Å²) in [6, 6.07) is 13.0. The van der Waals surface area contributed by atoms with Crippen LogP contribution in [0.2, 0.25) is 0 Å². The van der Waals surface area contributed by atoms with Crippen LogP contribution in [0.4, 0.5) is 10.8 Å². The van der Waals surface area contributed by atoms with Crippen LogP contribution in [0.25, 0.3) is 10.2 Å². The number of aromatic nitrogens is 2. The van der Waals surface area contributed by atoms with Gasteiger partial charge in [0.2, 0.25) is 12.3 Å². The van der Waals surface area contributed by atoms with Gasteiger partial charge >= 0.3 is 11.9 Å². The topological polar surface area (TPSA) is 169 Å². The highest BCUT2D eigenvalue weighted by molar-refractivity contribution is 7.97. The third-order valence-corrected chi connectivity index (χ3v) is 6.73. The molecular formula is C21H15N5O7S3. The number of nitro benzene ring substituents is 1. The summed E-state index contributed by atoms with van der Waals surface area (Å²) in [5.74, 6) is -1.64. The number of nitrogen functional groups attached to an aromatic ring is 1. The quantitative estimate of drug-likeness (QED) is 0.101. The molecule has 0 aliphatic rings. The Hall–Kier alpha value is -4.08. The fraction of sp³-hybridized carbons (Fsp3) is 0.0952. The number of rotatable bonds is 10. The molecule has 0 unspecified atom stereocenters. The molecule has 0 aliphatic heterocycles. The number of anilines is 1. The lowest BCUT2D eigenvalue weighted by Gasteiger charge is -2.05. The average Bonchev–Trinajstić information content (AvgIpc) is 3.49. The van der Waals surface area contributed by atoms with E-state index in [1.54, 1.807) is 0 Å². The minimum absolute atomic E-state index is 0.0777. The van der Waals surface area contributed by atoms with Crippen LogP contribution >= 0.6 is 34.7 Å². The number of carbonyl (C=O) groups is 2. The maximum atomic E-state index is 12.7. The number of fused-ring (bicyclic) bond motifs is 1. The van der Waals surface area contributed by atoms with E-state index in [9.17, 15) is 19.7 Å². The molecule has 36 heavy (non-hydrogen) atoms. The van der Waals surface area contributed by atoms with Gasteiger partial charge < -0.3 is 19.5 Å². The van der Waals surface area contributed by atoms with Gasteiger partial charge in [0.15, 0.2) is 9.47 Å². The lowest BCUT2D eigenvalue weighted by molar-refractivity contribution is -0.384. The number of para-hydroxylation sites is 1. The SMILES string of the molecule is Nc1nc(C(=NOCC(=O)OCc2ccc([N+](=O)[O-])cc2)C(=O)OSc2nc3ccccc3s2)cs1. The molecule has 2 aromatic carbocycles. The second-order valence-corrected chi connectivity index (χ2v) is 9.67. The van der Waals surface area contributed by atoms with Crippen LogP contribution in [-0.2, 0) is 30.0 Å². The van der Waals surface area contributed by atoms with Crippen molar-refractivity contribution in [2.45, 2.75) is 10.9 Å². The predicted molar refractivity (Wildman–Crippen MR) is 133 cm³/mol. The van der Waals surface area contributed by atoms with Crippen molar-refractivity contribution in [1.82, 2.24) is 9.97 Å². The van der Waals surface area contributed by atoms with E-state index < -0.39 is 23.5 Å². The maximum Gasteiger partial charge on any atom is 0.375 e. The van der Waals surface area contributed by atoms with Crippen molar-refractivity contribution in [1.29, 1.82) is 0 Å². The number of benzene rings is 2. The zero-order valence-electron chi connectivity index (χ0n) is 18.1. The number of hydrogen-bond acceptors (Lipinski definition) is 14. The molecule has 15 heteroatoms. The highest BCUT2D eigenvalue weighted by Gasteiger charge is 2.22. The smallest absolute Gasteiger partial charge is 0.375 e. The molecule has 0 spiro atoms. The molecule has 0 radical (unpaired) electrons. The normalized spacial score (nSPS) is 11.3. The predicted octanol–water partition coefficient (Wildman–Crippen LogP) is 3.96. The van der Waals surface area contributed by atoms with E-state index in [0.717, 1.165) is 33.6 Å². The van der Waals surface area contributed by atoms with Gasteiger partial charge in [0.05, 0.1) is 15.1 Å². The summed E-state index contributed by atoms with van der Waals surface area (Å²) in [5, 5.41) is 16.1. The Morgan fingerprint density at radius 3 is 2.61 bits per heavy atom. The van der Waals surface area contributed by atoms with Crippen molar-refractivity contribution in [3.05, 3.63) is 75.3 Å². The van der Waals surface area contributed by atoms with E-state index in [2.05, 4.69) is 15.1 Å². The van der Waals surface area contributed by atoms with Crippen LogP contribution in [0.3, 0.4) is 0 Å². The fourth-order valence-corrected chi connectivity index (χ4v) is 4.77. The van der Waals surface area contributed by atoms with Crippen LogP contribution in [-0.4, -0.2) is 39.1 Å². The van der Waals surface area contributed by atoms with E-state index in [-0.39, 0.29) is 28.8 Å². The van der Waals surface area contributed by atoms with Crippen molar-refractivity contribution in [2.24, 2.45) is 5.16 Å². The van der Waals surface area contributed by atoms with Gasteiger partial charge in [-0.1, -0.05) is 17.3 Å². The number of nitrogens with zero attached hydrogens (tertiary/aromatic N) is 4. The number of oxime groups is 1. The molecule has 0 aliphatic carbocycles. The van der Waals surface area contributed by atoms with E-state index >= 15 is 0 Å². The maximum absolute atomic E-state index is 12.7. The number of non-ortho nitro benzene ring substituents is 1. The van der Waals surface area contributed by atoms with Gasteiger partial charge in [0.1, 0.15) is 24.3 Å². The molecule has 2 aromatic heterocycles. The van der Waals surface area contributed by atoms with Gasteiger partial charge in [-0.3, -0.25) is 10.1 Å². The van der Waals surface area contributed by atoms with E-state index in [1.807, 2.05) is 24.3 Å². The zero-order valence-corrected chi connectivity index (χ0v) is 20.5.